The van der Waals surface area contributed by atoms with Crippen LogP contribution in [0.5, 0.6) is 0 Å². The summed E-state index contributed by atoms with van der Waals surface area (Å²) in [5.74, 6) is -0.347. The van der Waals surface area contributed by atoms with Gasteiger partial charge < -0.3 is 10.6 Å². The number of carbonyl (C=O) groups excluding carboxylic acids is 2. The molecule has 7 heteroatoms. The van der Waals surface area contributed by atoms with Crippen molar-refractivity contribution >= 4 is 17.9 Å². The third-order valence-corrected chi connectivity index (χ3v) is 4.36. The van der Waals surface area contributed by atoms with Crippen LogP contribution >= 0.6 is 0 Å². The molecule has 2 amide bonds. The van der Waals surface area contributed by atoms with Gasteiger partial charge in [-0.2, -0.15) is 5.10 Å². The number of pyridine rings is 1. The Morgan fingerprint density at radius 1 is 1.07 bits per heavy atom. The van der Waals surface area contributed by atoms with E-state index in [1.54, 1.807) is 23.2 Å². The molecule has 1 aromatic carbocycles. The number of nitrogens with one attached hydrogen (secondary N) is 2. The highest BCUT2D eigenvalue weighted by molar-refractivity contribution is 5.92. The van der Waals surface area contributed by atoms with Crippen LogP contribution in [0.2, 0.25) is 0 Å². The summed E-state index contributed by atoms with van der Waals surface area (Å²) in [7, 11) is 0. The van der Waals surface area contributed by atoms with E-state index in [4.69, 9.17) is 0 Å². The first-order valence-corrected chi connectivity index (χ1v) is 9.83. The maximum Gasteiger partial charge on any atom is 0.244 e. The Bertz CT molecular complexity index is 1010. The summed E-state index contributed by atoms with van der Waals surface area (Å²) in [5.41, 5.74) is 3.33. The van der Waals surface area contributed by atoms with E-state index in [9.17, 15) is 9.59 Å². The molecule has 0 bridgehead atoms. The fraction of sp³-hybridized carbons (Fsp3) is 0.217. The number of amides is 2. The molecule has 2 heterocycles. The Labute approximate surface area is 175 Å². The van der Waals surface area contributed by atoms with Crippen LogP contribution in [0.3, 0.4) is 0 Å². The predicted octanol–water partition coefficient (Wildman–Crippen LogP) is 2.84. The molecule has 0 saturated heterocycles. The van der Waals surface area contributed by atoms with Gasteiger partial charge in [-0.1, -0.05) is 32.0 Å². The number of benzene rings is 1. The minimum atomic E-state index is -0.238. The number of rotatable bonds is 8. The van der Waals surface area contributed by atoms with Crippen molar-refractivity contribution in [1.82, 2.24) is 25.4 Å². The van der Waals surface area contributed by atoms with Crippen molar-refractivity contribution < 1.29 is 9.59 Å². The van der Waals surface area contributed by atoms with E-state index in [0.717, 1.165) is 22.5 Å². The molecule has 0 saturated carbocycles. The van der Waals surface area contributed by atoms with E-state index in [0.29, 0.717) is 13.1 Å². The van der Waals surface area contributed by atoms with Gasteiger partial charge in [0.2, 0.25) is 11.8 Å². The highest BCUT2D eigenvalue weighted by atomic mass is 16.2. The lowest BCUT2D eigenvalue weighted by Crippen LogP contribution is -2.35. The monoisotopic (exact) mass is 403 g/mol. The van der Waals surface area contributed by atoms with Crippen LogP contribution in [0.25, 0.3) is 23.0 Å². The van der Waals surface area contributed by atoms with Crippen LogP contribution in [0.4, 0.5) is 0 Å². The Morgan fingerprint density at radius 2 is 1.83 bits per heavy atom. The van der Waals surface area contributed by atoms with Crippen molar-refractivity contribution in [3.8, 4) is 16.9 Å². The fourth-order valence-electron chi connectivity index (χ4n) is 2.75. The summed E-state index contributed by atoms with van der Waals surface area (Å²) in [6.45, 7) is 4.40. The molecule has 3 rings (SSSR count). The quantitative estimate of drug-likeness (QED) is 0.447. The van der Waals surface area contributed by atoms with E-state index in [1.807, 2.05) is 62.5 Å². The summed E-state index contributed by atoms with van der Waals surface area (Å²) < 4.78 is 1.78. The smallest absolute Gasteiger partial charge is 0.244 e. The molecule has 0 aliphatic carbocycles. The highest BCUT2D eigenvalue weighted by Crippen LogP contribution is 2.24. The van der Waals surface area contributed by atoms with Gasteiger partial charge in [-0.3, -0.25) is 14.6 Å². The Balaban J connectivity index is 1.72. The van der Waals surface area contributed by atoms with E-state index in [-0.39, 0.29) is 17.7 Å². The third-order valence-electron chi connectivity index (χ3n) is 4.36. The first-order chi connectivity index (χ1) is 14.5. The second kappa shape index (κ2) is 10.2. The summed E-state index contributed by atoms with van der Waals surface area (Å²) in [6.07, 6.45) is 8.53. The van der Waals surface area contributed by atoms with Gasteiger partial charge in [0.1, 0.15) is 5.69 Å². The Kier molecular flexibility index (Phi) is 7.10. The standard InChI is InChI=1S/C23H25N5O2/c1-17(2)23(30)26-14-13-25-21(29)11-10-19-16-28(20-8-4-3-5-9-20)27-22(19)18-7-6-12-24-15-18/h3-12,15-17H,13-14H2,1-2H3,(H,25,29)(H,26,30). The van der Waals surface area contributed by atoms with Gasteiger partial charge in [0.15, 0.2) is 0 Å². The third kappa shape index (κ3) is 5.64. The second-order valence-electron chi connectivity index (χ2n) is 7.02. The zero-order valence-corrected chi connectivity index (χ0v) is 17.1. The van der Waals surface area contributed by atoms with Crippen molar-refractivity contribution in [2.45, 2.75) is 13.8 Å². The molecule has 2 aromatic heterocycles. The van der Waals surface area contributed by atoms with Gasteiger partial charge in [-0.25, -0.2) is 4.68 Å². The van der Waals surface area contributed by atoms with Gasteiger partial charge in [-0.05, 0) is 30.3 Å². The molecular formula is C23H25N5O2. The van der Waals surface area contributed by atoms with E-state index < -0.39 is 0 Å². The molecule has 154 valence electrons. The van der Waals surface area contributed by atoms with Crippen LogP contribution in [0.1, 0.15) is 19.4 Å². The van der Waals surface area contributed by atoms with Crippen LogP contribution < -0.4 is 10.6 Å². The molecule has 0 spiro atoms. The summed E-state index contributed by atoms with van der Waals surface area (Å²) in [4.78, 5) is 27.9. The number of hydrogen-bond acceptors (Lipinski definition) is 4. The van der Waals surface area contributed by atoms with E-state index in [2.05, 4.69) is 20.7 Å². The molecule has 7 nitrogen and oxygen atoms in total. The molecule has 0 aliphatic rings. The highest BCUT2D eigenvalue weighted by Gasteiger charge is 2.11. The number of hydrogen-bond donors (Lipinski definition) is 2. The number of aromatic nitrogens is 3. The van der Waals surface area contributed by atoms with Crippen molar-refractivity contribution in [2.75, 3.05) is 13.1 Å². The number of para-hydroxylation sites is 1. The minimum absolute atomic E-state index is 0.0331. The van der Waals surface area contributed by atoms with Crippen molar-refractivity contribution in [2.24, 2.45) is 5.92 Å². The normalized spacial score (nSPS) is 11.0. The first kappa shape index (κ1) is 21.0. The largest absolute Gasteiger partial charge is 0.354 e. The summed E-state index contributed by atoms with van der Waals surface area (Å²) >= 11 is 0. The Morgan fingerprint density at radius 3 is 2.53 bits per heavy atom. The lowest BCUT2D eigenvalue weighted by molar-refractivity contribution is -0.124. The van der Waals surface area contributed by atoms with Crippen LogP contribution in [-0.4, -0.2) is 39.7 Å². The van der Waals surface area contributed by atoms with Crippen molar-refractivity contribution in [1.29, 1.82) is 0 Å². The maximum atomic E-state index is 12.2. The molecule has 2 N–H and O–H groups in total. The second-order valence-corrected chi connectivity index (χ2v) is 7.02. The molecule has 0 unspecified atom stereocenters. The van der Waals surface area contributed by atoms with E-state index in [1.165, 1.54) is 6.08 Å². The van der Waals surface area contributed by atoms with Gasteiger partial charge in [0, 0.05) is 54.8 Å². The number of carbonyl (C=O) groups is 2. The van der Waals surface area contributed by atoms with E-state index >= 15 is 0 Å². The minimum Gasteiger partial charge on any atom is -0.354 e. The van der Waals surface area contributed by atoms with Gasteiger partial charge >= 0.3 is 0 Å². The Hall–Kier alpha value is -3.74. The molecule has 30 heavy (non-hydrogen) atoms. The van der Waals surface area contributed by atoms with Gasteiger partial charge in [0.05, 0.1) is 5.69 Å². The zero-order valence-electron chi connectivity index (χ0n) is 17.1. The van der Waals surface area contributed by atoms with Crippen molar-refractivity contribution in [3.63, 3.8) is 0 Å². The average Bonchev–Trinajstić information content (AvgIpc) is 3.20. The predicted molar refractivity (Wildman–Crippen MR) is 117 cm³/mol. The molecular weight excluding hydrogens is 378 g/mol. The summed E-state index contributed by atoms with van der Waals surface area (Å²) in [6, 6.07) is 13.5. The molecule has 0 fully saturated rings. The van der Waals surface area contributed by atoms with Gasteiger partial charge in [-0.15, -0.1) is 0 Å². The summed E-state index contributed by atoms with van der Waals surface area (Å²) in [5, 5.41) is 10.2. The van der Waals surface area contributed by atoms with Crippen LogP contribution in [0.15, 0.2) is 67.1 Å². The topological polar surface area (TPSA) is 88.9 Å². The van der Waals surface area contributed by atoms with Crippen LogP contribution in [-0.2, 0) is 9.59 Å². The average molecular weight is 403 g/mol. The first-order valence-electron chi connectivity index (χ1n) is 9.83. The maximum absolute atomic E-state index is 12.2. The SMILES string of the molecule is CC(C)C(=O)NCCNC(=O)C=Cc1cn(-c2ccccc2)nc1-c1cccnc1. The van der Waals surface area contributed by atoms with Crippen molar-refractivity contribution in [3.05, 3.63) is 72.7 Å². The lowest BCUT2D eigenvalue weighted by atomic mass is 10.1. The molecule has 0 aliphatic heterocycles. The molecule has 0 atom stereocenters. The fourth-order valence-corrected chi connectivity index (χ4v) is 2.75. The lowest BCUT2D eigenvalue weighted by Gasteiger charge is -2.07. The van der Waals surface area contributed by atoms with Gasteiger partial charge in [0.25, 0.3) is 0 Å². The molecule has 3 aromatic rings. The number of nitrogens with zero attached hydrogens (tertiary/aromatic N) is 3. The molecule has 0 radical (unpaired) electrons. The zero-order chi connectivity index (χ0) is 21.3. The van der Waals surface area contributed by atoms with Crippen LogP contribution in [0, 0.1) is 5.92 Å².